The Balaban J connectivity index is 1.92. The zero-order valence-corrected chi connectivity index (χ0v) is 16.2. The van der Waals surface area contributed by atoms with Crippen LogP contribution in [0.1, 0.15) is 42.1 Å². The Kier molecular flexibility index (Phi) is 7.73. The van der Waals surface area contributed by atoms with Crippen molar-refractivity contribution in [1.82, 2.24) is 5.32 Å². The summed E-state index contributed by atoms with van der Waals surface area (Å²) in [4.78, 5) is 25.5. The van der Waals surface area contributed by atoms with Gasteiger partial charge in [-0.3, -0.25) is 4.79 Å². The summed E-state index contributed by atoms with van der Waals surface area (Å²) in [6, 6.07) is 17.3. The van der Waals surface area contributed by atoms with Crippen molar-refractivity contribution < 1.29 is 14.3 Å². The second-order valence-electron chi connectivity index (χ2n) is 6.01. The van der Waals surface area contributed by atoms with Gasteiger partial charge in [0.15, 0.2) is 6.10 Å². The van der Waals surface area contributed by atoms with Crippen LogP contribution in [0.5, 0.6) is 0 Å². The minimum absolute atomic E-state index is 0.236. The lowest BCUT2D eigenvalue weighted by atomic mass is 9.96. The average molecular weight is 372 g/mol. The number of carbonyl (C=O) groups is 2. The van der Waals surface area contributed by atoms with Gasteiger partial charge in [0.1, 0.15) is 0 Å². The molecule has 0 fully saturated rings. The van der Waals surface area contributed by atoms with E-state index < -0.39 is 12.1 Å². The molecule has 0 heterocycles. The molecule has 4 nitrogen and oxygen atoms in total. The summed E-state index contributed by atoms with van der Waals surface area (Å²) in [6.07, 6.45) is 1.97. The topological polar surface area (TPSA) is 55.4 Å². The summed E-state index contributed by atoms with van der Waals surface area (Å²) < 4.78 is 5.35. The van der Waals surface area contributed by atoms with Crippen molar-refractivity contribution in [1.29, 1.82) is 0 Å². The minimum Gasteiger partial charge on any atom is -0.449 e. The number of benzene rings is 2. The summed E-state index contributed by atoms with van der Waals surface area (Å²) in [5.74, 6) is -0.526. The van der Waals surface area contributed by atoms with E-state index in [4.69, 9.17) is 4.74 Å². The second-order valence-corrected chi connectivity index (χ2v) is 6.86. The van der Waals surface area contributed by atoms with E-state index in [1.165, 1.54) is 17.3 Å². The van der Waals surface area contributed by atoms with Gasteiger partial charge < -0.3 is 10.1 Å². The third kappa shape index (κ3) is 5.36. The van der Waals surface area contributed by atoms with Gasteiger partial charge in [-0.05, 0) is 37.3 Å². The van der Waals surface area contributed by atoms with Crippen LogP contribution in [0.15, 0.2) is 59.5 Å². The van der Waals surface area contributed by atoms with Crippen molar-refractivity contribution >= 4 is 23.6 Å². The second kappa shape index (κ2) is 10.0. The maximum absolute atomic E-state index is 12.3. The lowest BCUT2D eigenvalue weighted by Gasteiger charge is -2.19. The van der Waals surface area contributed by atoms with Crippen LogP contribution in [-0.4, -0.2) is 30.8 Å². The predicted molar refractivity (Wildman–Crippen MR) is 106 cm³/mol. The first-order valence-electron chi connectivity index (χ1n) is 8.73. The molecule has 26 heavy (non-hydrogen) atoms. The number of nitrogens with one attached hydrogen (secondary N) is 1. The smallest absolute Gasteiger partial charge is 0.340 e. The summed E-state index contributed by atoms with van der Waals surface area (Å²) in [5, 5.41) is 2.90. The Hall–Kier alpha value is -2.27. The van der Waals surface area contributed by atoms with Crippen molar-refractivity contribution in [3.8, 4) is 0 Å². The molecule has 0 unspecified atom stereocenters. The lowest BCUT2D eigenvalue weighted by molar-refractivity contribution is -0.129. The number of rotatable bonds is 8. The monoisotopic (exact) mass is 371 g/mol. The van der Waals surface area contributed by atoms with Crippen LogP contribution < -0.4 is 5.32 Å². The third-order valence-corrected chi connectivity index (χ3v) is 5.06. The number of thioether (sulfide) groups is 1. The molecule has 2 atom stereocenters. The van der Waals surface area contributed by atoms with E-state index in [1.807, 2.05) is 36.6 Å². The normalized spacial score (nSPS) is 12.9. The molecule has 138 valence electrons. The lowest BCUT2D eigenvalue weighted by Crippen LogP contribution is -2.38. The van der Waals surface area contributed by atoms with Crippen LogP contribution in [0.4, 0.5) is 0 Å². The first kappa shape index (κ1) is 20.0. The number of carbonyl (C=O) groups excluding carboxylic acids is 2. The molecule has 0 saturated heterocycles. The molecule has 0 aliphatic carbocycles. The molecule has 0 radical (unpaired) electrons. The molecule has 0 aromatic heterocycles. The molecule has 0 saturated carbocycles. The van der Waals surface area contributed by atoms with Crippen LogP contribution >= 0.6 is 11.8 Å². The van der Waals surface area contributed by atoms with Crippen LogP contribution in [0.25, 0.3) is 0 Å². The Morgan fingerprint density at radius 1 is 1.08 bits per heavy atom. The zero-order valence-electron chi connectivity index (χ0n) is 15.4. The number of esters is 1. The van der Waals surface area contributed by atoms with E-state index in [0.717, 1.165) is 11.3 Å². The van der Waals surface area contributed by atoms with Gasteiger partial charge in [0, 0.05) is 17.4 Å². The van der Waals surface area contributed by atoms with Crippen molar-refractivity contribution in [2.45, 2.75) is 37.2 Å². The standard InChI is InChI=1S/C21H25NO3S/c1-4-16(17-10-6-5-7-11-17)14-22-20(23)15(2)25-21(24)18-12-8-9-13-19(18)26-3/h5-13,15-16H,4,14H2,1-3H3,(H,22,23)/t15-,16-/m0/s1. The third-order valence-electron chi connectivity index (χ3n) is 4.27. The van der Waals surface area contributed by atoms with Gasteiger partial charge in [-0.15, -0.1) is 11.8 Å². The highest BCUT2D eigenvalue weighted by Crippen LogP contribution is 2.21. The van der Waals surface area contributed by atoms with Gasteiger partial charge in [-0.25, -0.2) is 4.79 Å². The fraction of sp³-hybridized carbons (Fsp3) is 0.333. The molecule has 2 aromatic carbocycles. The van der Waals surface area contributed by atoms with Crippen LogP contribution in [-0.2, 0) is 9.53 Å². The summed E-state index contributed by atoms with van der Waals surface area (Å²) in [6.45, 7) is 4.20. The van der Waals surface area contributed by atoms with Gasteiger partial charge in [0.25, 0.3) is 5.91 Å². The highest BCUT2D eigenvalue weighted by Gasteiger charge is 2.21. The quantitative estimate of drug-likeness (QED) is 0.556. The maximum atomic E-state index is 12.3. The van der Waals surface area contributed by atoms with Gasteiger partial charge in [-0.2, -0.15) is 0 Å². The highest BCUT2D eigenvalue weighted by atomic mass is 32.2. The van der Waals surface area contributed by atoms with E-state index >= 15 is 0 Å². The molecule has 5 heteroatoms. The van der Waals surface area contributed by atoms with Crippen molar-refractivity contribution in [2.24, 2.45) is 0 Å². The largest absolute Gasteiger partial charge is 0.449 e. The molecular formula is C21H25NO3S. The van der Waals surface area contributed by atoms with Gasteiger partial charge >= 0.3 is 5.97 Å². The average Bonchev–Trinajstić information content (AvgIpc) is 2.68. The summed E-state index contributed by atoms with van der Waals surface area (Å²) in [7, 11) is 0. The van der Waals surface area contributed by atoms with Crippen LogP contribution in [0, 0.1) is 0 Å². The summed E-state index contributed by atoms with van der Waals surface area (Å²) >= 11 is 1.47. The molecule has 1 amide bonds. The van der Waals surface area contributed by atoms with Crippen LogP contribution in [0.2, 0.25) is 0 Å². The molecule has 0 aliphatic heterocycles. The van der Waals surface area contributed by atoms with E-state index in [2.05, 4.69) is 24.4 Å². The van der Waals surface area contributed by atoms with Crippen molar-refractivity contribution in [3.05, 3.63) is 65.7 Å². The first-order valence-corrected chi connectivity index (χ1v) is 9.96. The SMILES string of the molecule is CC[C@@H](CNC(=O)[C@H](C)OC(=O)c1ccccc1SC)c1ccccc1. The van der Waals surface area contributed by atoms with E-state index in [0.29, 0.717) is 12.1 Å². The fourth-order valence-electron chi connectivity index (χ4n) is 2.68. The van der Waals surface area contributed by atoms with Gasteiger partial charge in [0.05, 0.1) is 5.56 Å². The number of hydrogen-bond acceptors (Lipinski definition) is 4. The van der Waals surface area contributed by atoms with Crippen molar-refractivity contribution in [2.75, 3.05) is 12.8 Å². The summed E-state index contributed by atoms with van der Waals surface area (Å²) in [5.41, 5.74) is 1.67. The van der Waals surface area contributed by atoms with E-state index in [-0.39, 0.29) is 11.8 Å². The Bertz CT molecular complexity index is 733. The number of ether oxygens (including phenoxy) is 1. The molecule has 0 spiro atoms. The van der Waals surface area contributed by atoms with E-state index in [9.17, 15) is 9.59 Å². The Morgan fingerprint density at radius 2 is 1.73 bits per heavy atom. The first-order chi connectivity index (χ1) is 12.6. The Morgan fingerprint density at radius 3 is 2.38 bits per heavy atom. The fourth-order valence-corrected chi connectivity index (χ4v) is 3.27. The molecule has 0 bridgehead atoms. The van der Waals surface area contributed by atoms with E-state index in [1.54, 1.807) is 19.1 Å². The van der Waals surface area contributed by atoms with Crippen molar-refractivity contribution in [3.63, 3.8) is 0 Å². The molecule has 0 aliphatic rings. The number of hydrogen-bond donors (Lipinski definition) is 1. The minimum atomic E-state index is -0.842. The molecule has 1 N–H and O–H groups in total. The van der Waals surface area contributed by atoms with Gasteiger partial charge in [0.2, 0.25) is 0 Å². The number of amides is 1. The Labute approximate surface area is 159 Å². The molecular weight excluding hydrogens is 346 g/mol. The molecule has 2 rings (SSSR count). The van der Waals surface area contributed by atoms with Crippen LogP contribution in [0.3, 0.4) is 0 Å². The van der Waals surface area contributed by atoms with Gasteiger partial charge in [-0.1, -0.05) is 49.4 Å². The maximum Gasteiger partial charge on any atom is 0.340 e. The molecule has 2 aromatic rings. The highest BCUT2D eigenvalue weighted by molar-refractivity contribution is 7.98. The zero-order chi connectivity index (χ0) is 18.9. The predicted octanol–water partition coefficient (Wildman–Crippen LogP) is 4.26.